The maximum absolute atomic E-state index is 13.1. The topological polar surface area (TPSA) is 66.8 Å². The van der Waals surface area contributed by atoms with Crippen molar-refractivity contribution in [3.63, 3.8) is 0 Å². The van der Waals surface area contributed by atoms with Gasteiger partial charge in [0.1, 0.15) is 12.6 Å². The standard InChI is InChI=1S/C19H18F3NO4/c1-23(18(26)27-12-13-7-3-2-4-8-13)16(17(24)25)11-14-9-5-6-10-15(14)19(20,21)22/h2-10,16H,11-12H2,1H3,(H,24,25). The van der Waals surface area contributed by atoms with Gasteiger partial charge in [-0.2, -0.15) is 13.2 Å². The third kappa shape index (κ3) is 5.47. The van der Waals surface area contributed by atoms with E-state index in [0.717, 1.165) is 11.0 Å². The van der Waals surface area contributed by atoms with E-state index >= 15 is 0 Å². The number of benzene rings is 2. The zero-order chi connectivity index (χ0) is 20.0. The molecule has 0 aliphatic heterocycles. The number of nitrogens with zero attached hydrogens (tertiary/aromatic N) is 1. The molecule has 1 atom stereocenters. The molecular formula is C19H18F3NO4. The molecular weight excluding hydrogens is 363 g/mol. The van der Waals surface area contributed by atoms with Gasteiger partial charge in [-0.05, 0) is 17.2 Å². The smallest absolute Gasteiger partial charge is 0.416 e. The van der Waals surface area contributed by atoms with Gasteiger partial charge in [-0.1, -0.05) is 48.5 Å². The molecule has 0 radical (unpaired) electrons. The van der Waals surface area contributed by atoms with Gasteiger partial charge in [-0.15, -0.1) is 0 Å². The van der Waals surface area contributed by atoms with Crippen LogP contribution in [0.2, 0.25) is 0 Å². The second-order valence-corrected chi connectivity index (χ2v) is 5.86. The first kappa shape index (κ1) is 20.3. The van der Waals surface area contributed by atoms with Crippen molar-refractivity contribution in [3.8, 4) is 0 Å². The van der Waals surface area contributed by atoms with E-state index in [0.29, 0.717) is 5.56 Å². The highest BCUT2D eigenvalue weighted by atomic mass is 19.4. The molecule has 0 fully saturated rings. The van der Waals surface area contributed by atoms with Crippen molar-refractivity contribution in [2.75, 3.05) is 7.05 Å². The molecule has 1 amide bonds. The lowest BCUT2D eigenvalue weighted by atomic mass is 9.99. The number of hydrogen-bond acceptors (Lipinski definition) is 3. The number of carbonyl (C=O) groups excluding carboxylic acids is 1. The monoisotopic (exact) mass is 381 g/mol. The number of amides is 1. The van der Waals surface area contributed by atoms with Gasteiger partial charge < -0.3 is 9.84 Å². The molecule has 0 saturated heterocycles. The average molecular weight is 381 g/mol. The second kappa shape index (κ2) is 8.57. The number of likely N-dealkylation sites (N-methyl/N-ethyl adjacent to an activating group) is 1. The SMILES string of the molecule is CN(C(=O)OCc1ccccc1)C(Cc1ccccc1C(F)(F)F)C(=O)O. The van der Waals surface area contributed by atoms with Crippen molar-refractivity contribution >= 4 is 12.1 Å². The Balaban J connectivity index is 2.13. The van der Waals surface area contributed by atoms with Gasteiger partial charge in [0, 0.05) is 13.5 Å². The number of ether oxygens (including phenoxy) is 1. The van der Waals surface area contributed by atoms with Crippen LogP contribution in [0, 0.1) is 0 Å². The molecule has 144 valence electrons. The molecule has 1 N–H and O–H groups in total. The highest BCUT2D eigenvalue weighted by molar-refractivity contribution is 5.80. The van der Waals surface area contributed by atoms with Crippen molar-refractivity contribution < 1.29 is 32.6 Å². The maximum Gasteiger partial charge on any atom is 0.416 e. The molecule has 0 aliphatic carbocycles. The lowest BCUT2D eigenvalue weighted by Crippen LogP contribution is -2.44. The first-order valence-corrected chi connectivity index (χ1v) is 8.01. The summed E-state index contributed by atoms with van der Waals surface area (Å²) in [6.45, 7) is -0.0739. The molecule has 0 bridgehead atoms. The van der Waals surface area contributed by atoms with Gasteiger partial charge >= 0.3 is 18.2 Å². The third-order valence-electron chi connectivity index (χ3n) is 3.98. The number of rotatable bonds is 6. The lowest BCUT2D eigenvalue weighted by molar-refractivity contribution is -0.143. The summed E-state index contributed by atoms with van der Waals surface area (Å²) < 4.78 is 44.4. The molecule has 0 saturated carbocycles. The summed E-state index contributed by atoms with van der Waals surface area (Å²) in [5.74, 6) is -1.42. The first-order chi connectivity index (χ1) is 12.7. The summed E-state index contributed by atoms with van der Waals surface area (Å²) in [7, 11) is 1.18. The van der Waals surface area contributed by atoms with Gasteiger partial charge in [-0.25, -0.2) is 9.59 Å². The molecule has 1 unspecified atom stereocenters. The molecule has 27 heavy (non-hydrogen) atoms. The van der Waals surface area contributed by atoms with Gasteiger partial charge in [0.15, 0.2) is 0 Å². The van der Waals surface area contributed by atoms with Crippen LogP contribution in [0.5, 0.6) is 0 Å². The van der Waals surface area contributed by atoms with Gasteiger partial charge in [0.05, 0.1) is 5.56 Å². The highest BCUT2D eigenvalue weighted by Gasteiger charge is 2.35. The molecule has 5 nitrogen and oxygen atoms in total. The molecule has 2 aromatic carbocycles. The fraction of sp³-hybridized carbons (Fsp3) is 0.263. The molecule has 0 aromatic heterocycles. The van der Waals surface area contributed by atoms with E-state index in [2.05, 4.69) is 0 Å². The normalized spacial score (nSPS) is 12.3. The van der Waals surface area contributed by atoms with E-state index in [-0.39, 0.29) is 12.2 Å². The lowest BCUT2D eigenvalue weighted by Gasteiger charge is -2.25. The Morgan fingerprint density at radius 1 is 1.07 bits per heavy atom. The Morgan fingerprint density at radius 3 is 2.26 bits per heavy atom. The molecule has 0 heterocycles. The van der Waals surface area contributed by atoms with E-state index in [1.807, 2.05) is 0 Å². The van der Waals surface area contributed by atoms with Crippen LogP contribution in [0.15, 0.2) is 54.6 Å². The quantitative estimate of drug-likeness (QED) is 0.822. The Labute approximate surface area is 154 Å². The first-order valence-electron chi connectivity index (χ1n) is 8.01. The van der Waals surface area contributed by atoms with Crippen LogP contribution in [-0.2, 0) is 28.7 Å². The number of halogens is 3. The number of aliphatic carboxylic acids is 1. The van der Waals surface area contributed by atoms with Gasteiger partial charge in [0.2, 0.25) is 0 Å². The third-order valence-corrected chi connectivity index (χ3v) is 3.98. The van der Waals surface area contributed by atoms with E-state index in [4.69, 9.17) is 4.74 Å². The van der Waals surface area contributed by atoms with E-state index in [9.17, 15) is 27.9 Å². The van der Waals surface area contributed by atoms with Gasteiger partial charge in [-0.3, -0.25) is 4.90 Å². The summed E-state index contributed by atoms with van der Waals surface area (Å²) >= 11 is 0. The summed E-state index contributed by atoms with van der Waals surface area (Å²) in [6.07, 6.45) is -6.05. The predicted octanol–water partition coefficient (Wildman–Crippen LogP) is 3.97. The molecule has 8 heteroatoms. The zero-order valence-corrected chi connectivity index (χ0v) is 14.4. The average Bonchev–Trinajstić information content (AvgIpc) is 2.63. The predicted molar refractivity (Wildman–Crippen MR) is 91.0 cm³/mol. The largest absolute Gasteiger partial charge is 0.480 e. The van der Waals surface area contributed by atoms with Crippen LogP contribution in [0.3, 0.4) is 0 Å². The minimum Gasteiger partial charge on any atom is -0.480 e. The Bertz CT molecular complexity index is 793. The maximum atomic E-state index is 13.1. The number of carboxylic acids is 1. The summed E-state index contributed by atoms with van der Waals surface area (Å²) in [5, 5.41) is 9.40. The molecule has 2 aromatic rings. The number of carboxylic acid groups (broad SMARTS) is 1. The van der Waals surface area contributed by atoms with Crippen molar-refractivity contribution in [2.45, 2.75) is 25.2 Å². The Morgan fingerprint density at radius 2 is 1.67 bits per heavy atom. The molecule has 0 aliphatic rings. The van der Waals surface area contributed by atoms with Crippen LogP contribution in [0.1, 0.15) is 16.7 Å². The van der Waals surface area contributed by atoms with Crippen LogP contribution >= 0.6 is 0 Å². The summed E-state index contributed by atoms with van der Waals surface area (Å²) in [5.41, 5.74) is -0.434. The number of carbonyl (C=O) groups is 2. The minimum atomic E-state index is -4.62. The summed E-state index contributed by atoms with van der Waals surface area (Å²) in [4.78, 5) is 24.5. The number of hydrogen-bond donors (Lipinski definition) is 1. The molecule has 0 spiro atoms. The van der Waals surface area contributed by atoms with E-state index < -0.39 is 36.3 Å². The van der Waals surface area contributed by atoms with Crippen molar-refractivity contribution in [2.24, 2.45) is 0 Å². The second-order valence-electron chi connectivity index (χ2n) is 5.86. The van der Waals surface area contributed by atoms with Gasteiger partial charge in [0.25, 0.3) is 0 Å². The van der Waals surface area contributed by atoms with Crippen LogP contribution in [0.4, 0.5) is 18.0 Å². The fourth-order valence-electron chi connectivity index (χ4n) is 2.52. The van der Waals surface area contributed by atoms with E-state index in [1.54, 1.807) is 30.3 Å². The summed E-state index contributed by atoms with van der Waals surface area (Å²) in [6, 6.07) is 11.9. The van der Waals surface area contributed by atoms with Crippen molar-refractivity contribution in [3.05, 3.63) is 71.3 Å². The van der Waals surface area contributed by atoms with Crippen molar-refractivity contribution in [1.82, 2.24) is 4.90 Å². The fourth-order valence-corrected chi connectivity index (χ4v) is 2.52. The van der Waals surface area contributed by atoms with Crippen molar-refractivity contribution in [1.29, 1.82) is 0 Å². The minimum absolute atomic E-state index is 0.0739. The number of alkyl halides is 3. The van der Waals surface area contributed by atoms with Crippen LogP contribution < -0.4 is 0 Å². The van der Waals surface area contributed by atoms with Crippen LogP contribution in [0.25, 0.3) is 0 Å². The Kier molecular flexibility index (Phi) is 6.44. The Hall–Kier alpha value is -3.03. The van der Waals surface area contributed by atoms with E-state index in [1.165, 1.54) is 25.2 Å². The highest BCUT2D eigenvalue weighted by Crippen LogP contribution is 2.32. The zero-order valence-electron chi connectivity index (χ0n) is 14.4. The molecule has 2 rings (SSSR count). The van der Waals surface area contributed by atoms with Crippen LogP contribution in [-0.4, -0.2) is 35.2 Å².